The second kappa shape index (κ2) is 35.3. The number of unbranched alkanes of at least 4 members (excludes halogenated alkanes) is 17. The number of thiocarbonyl (C=S) groups is 1. The van der Waals surface area contributed by atoms with E-state index in [1.807, 2.05) is 13.8 Å². The molecule has 0 aromatic heterocycles. The van der Waals surface area contributed by atoms with Crippen LogP contribution < -0.4 is 9.47 Å². The van der Waals surface area contributed by atoms with Gasteiger partial charge in [0.2, 0.25) is 0 Å². The van der Waals surface area contributed by atoms with Gasteiger partial charge in [0, 0.05) is 19.3 Å². The standard InChI is InChI=1S/C21H42OS.2C11H14O3/c1-3-5-6-7-8-9-10-11-12-13-14-15-16-17-18-19-20-22-21(23)4-2;2*1-2-3-4-11(13)14-10-7-5-9(12)6-8-10/h3-20H2,1-2H3;2*5-8,12H,2-4H2,1H3. The fraction of sp³-hybridized carbons (Fsp3) is 0.651. The van der Waals surface area contributed by atoms with Gasteiger partial charge in [-0.05, 0) is 80.0 Å². The molecule has 7 nitrogen and oxygen atoms in total. The number of esters is 2. The van der Waals surface area contributed by atoms with Crippen molar-refractivity contribution in [3.8, 4) is 23.0 Å². The third-order valence-electron chi connectivity index (χ3n) is 8.16. The fourth-order valence-electron chi connectivity index (χ4n) is 4.97. The van der Waals surface area contributed by atoms with Crippen LogP contribution in [0.3, 0.4) is 0 Å². The SMILES string of the molecule is CCCCC(=O)Oc1ccc(O)cc1.CCCCC(=O)Oc1ccc(O)cc1.CCCCCCCCCCCCCCCCCCOC(=S)CC. The molecule has 0 amide bonds. The van der Waals surface area contributed by atoms with Crippen molar-refractivity contribution < 1.29 is 34.0 Å². The van der Waals surface area contributed by atoms with E-state index >= 15 is 0 Å². The van der Waals surface area contributed by atoms with Crippen molar-refractivity contribution in [2.75, 3.05) is 6.61 Å². The first kappa shape index (κ1) is 47.9. The zero-order valence-electron chi connectivity index (χ0n) is 32.4. The van der Waals surface area contributed by atoms with Gasteiger partial charge >= 0.3 is 11.9 Å². The van der Waals surface area contributed by atoms with Crippen LogP contribution in [0.5, 0.6) is 23.0 Å². The monoisotopic (exact) mass is 730 g/mol. The van der Waals surface area contributed by atoms with Gasteiger partial charge in [-0.3, -0.25) is 9.59 Å². The average Bonchev–Trinajstić information content (AvgIpc) is 3.13. The van der Waals surface area contributed by atoms with Gasteiger partial charge in [0.25, 0.3) is 0 Å². The molecule has 0 aliphatic carbocycles. The zero-order valence-corrected chi connectivity index (χ0v) is 33.2. The summed E-state index contributed by atoms with van der Waals surface area (Å²) in [5.74, 6) is 0.833. The van der Waals surface area contributed by atoms with Crippen LogP contribution in [-0.4, -0.2) is 33.8 Å². The molecule has 0 fully saturated rings. The zero-order chi connectivity index (χ0) is 37.8. The number of aromatic hydroxyl groups is 2. The molecular formula is C43H70O7S. The Kier molecular flexibility index (Phi) is 33.1. The number of phenols is 2. The predicted octanol–water partition coefficient (Wildman–Crippen LogP) is 13.0. The lowest BCUT2D eigenvalue weighted by Crippen LogP contribution is -2.06. The first-order chi connectivity index (χ1) is 24.7. The maximum atomic E-state index is 11.2. The molecule has 51 heavy (non-hydrogen) atoms. The van der Waals surface area contributed by atoms with Crippen LogP contribution in [-0.2, 0) is 14.3 Å². The van der Waals surface area contributed by atoms with Gasteiger partial charge in [-0.15, -0.1) is 0 Å². The van der Waals surface area contributed by atoms with Crippen molar-refractivity contribution >= 4 is 29.2 Å². The van der Waals surface area contributed by atoms with E-state index in [2.05, 4.69) is 13.8 Å². The topological polar surface area (TPSA) is 102 Å². The highest BCUT2D eigenvalue weighted by molar-refractivity contribution is 7.80. The number of carbonyl (C=O) groups is 2. The van der Waals surface area contributed by atoms with Crippen LogP contribution in [0.25, 0.3) is 0 Å². The van der Waals surface area contributed by atoms with Crippen molar-refractivity contribution in [3.05, 3.63) is 48.5 Å². The summed E-state index contributed by atoms with van der Waals surface area (Å²) in [6.07, 6.45) is 27.9. The summed E-state index contributed by atoms with van der Waals surface area (Å²) in [5.41, 5.74) is 0. The van der Waals surface area contributed by atoms with Crippen molar-refractivity contribution in [2.24, 2.45) is 0 Å². The highest BCUT2D eigenvalue weighted by atomic mass is 32.1. The highest BCUT2D eigenvalue weighted by Crippen LogP contribution is 2.18. The van der Waals surface area contributed by atoms with Crippen LogP contribution in [0.2, 0.25) is 0 Å². The number of carbonyl (C=O) groups excluding carboxylic acids is 2. The Balaban J connectivity index is 0.000000771. The molecule has 0 aliphatic rings. The van der Waals surface area contributed by atoms with Gasteiger partial charge in [-0.2, -0.15) is 0 Å². The lowest BCUT2D eigenvalue weighted by atomic mass is 10.0. The molecule has 0 heterocycles. The summed E-state index contributed by atoms with van der Waals surface area (Å²) in [5, 5.41) is 18.8. The average molecular weight is 731 g/mol. The van der Waals surface area contributed by atoms with E-state index in [-0.39, 0.29) is 23.4 Å². The maximum Gasteiger partial charge on any atom is 0.311 e. The molecule has 0 aliphatic heterocycles. The summed E-state index contributed by atoms with van der Waals surface area (Å²) in [4.78, 5) is 22.3. The predicted molar refractivity (Wildman–Crippen MR) is 215 cm³/mol. The van der Waals surface area contributed by atoms with Gasteiger partial charge in [0.05, 0.1) is 6.61 Å². The van der Waals surface area contributed by atoms with Crippen molar-refractivity contribution in [2.45, 2.75) is 175 Å². The van der Waals surface area contributed by atoms with Gasteiger partial charge in [-0.1, -0.05) is 137 Å². The molecule has 0 bridgehead atoms. The Morgan fingerprint density at radius 3 is 1.12 bits per heavy atom. The van der Waals surface area contributed by atoms with Crippen molar-refractivity contribution in [1.29, 1.82) is 0 Å². The largest absolute Gasteiger partial charge is 0.508 e. The summed E-state index contributed by atoms with van der Waals surface area (Å²) >= 11 is 5.04. The Bertz CT molecular complexity index is 1040. The van der Waals surface area contributed by atoms with Gasteiger partial charge in [0.15, 0.2) is 5.05 Å². The van der Waals surface area contributed by atoms with E-state index in [1.54, 1.807) is 24.3 Å². The Labute approximate surface area is 315 Å². The molecular weight excluding hydrogens is 661 g/mol. The van der Waals surface area contributed by atoms with Gasteiger partial charge < -0.3 is 24.4 Å². The molecule has 0 spiro atoms. The van der Waals surface area contributed by atoms with Crippen LogP contribution >= 0.6 is 12.2 Å². The van der Waals surface area contributed by atoms with E-state index in [4.69, 9.17) is 36.6 Å². The van der Waals surface area contributed by atoms with E-state index in [1.165, 1.54) is 127 Å². The summed E-state index contributed by atoms with van der Waals surface area (Å²) in [7, 11) is 0. The first-order valence-electron chi connectivity index (χ1n) is 19.9. The molecule has 0 atom stereocenters. The van der Waals surface area contributed by atoms with Gasteiger partial charge in [0.1, 0.15) is 23.0 Å². The third-order valence-corrected chi connectivity index (χ3v) is 8.56. The number of rotatable bonds is 26. The minimum atomic E-state index is -0.225. The smallest absolute Gasteiger partial charge is 0.311 e. The van der Waals surface area contributed by atoms with E-state index in [9.17, 15) is 9.59 Å². The molecule has 8 heteroatoms. The summed E-state index contributed by atoms with van der Waals surface area (Å²) in [6, 6.07) is 12.2. The summed E-state index contributed by atoms with van der Waals surface area (Å²) < 4.78 is 15.5. The molecule has 0 unspecified atom stereocenters. The molecule has 0 saturated heterocycles. The van der Waals surface area contributed by atoms with Crippen molar-refractivity contribution in [3.63, 3.8) is 0 Å². The lowest BCUT2D eigenvalue weighted by molar-refractivity contribution is -0.135. The normalized spacial score (nSPS) is 10.3. The minimum Gasteiger partial charge on any atom is -0.508 e. The quantitative estimate of drug-likeness (QED) is 0.0427. The maximum absolute atomic E-state index is 11.2. The number of hydrogen-bond acceptors (Lipinski definition) is 8. The van der Waals surface area contributed by atoms with Gasteiger partial charge in [-0.25, -0.2) is 0 Å². The van der Waals surface area contributed by atoms with Crippen LogP contribution in [0.4, 0.5) is 0 Å². The Morgan fingerprint density at radius 1 is 0.490 bits per heavy atom. The number of benzene rings is 2. The minimum absolute atomic E-state index is 0.165. The highest BCUT2D eigenvalue weighted by Gasteiger charge is 2.04. The van der Waals surface area contributed by atoms with E-state index in [0.717, 1.165) is 43.8 Å². The second-order valence-electron chi connectivity index (χ2n) is 13.0. The number of hydrogen-bond donors (Lipinski definition) is 2. The molecule has 2 aromatic carbocycles. The molecule has 0 radical (unpaired) electrons. The van der Waals surface area contributed by atoms with Crippen molar-refractivity contribution in [1.82, 2.24) is 0 Å². The Morgan fingerprint density at radius 2 is 0.804 bits per heavy atom. The lowest BCUT2D eigenvalue weighted by Gasteiger charge is -2.05. The molecule has 2 N–H and O–H groups in total. The van der Waals surface area contributed by atoms with E-state index < -0.39 is 0 Å². The number of ether oxygens (including phenoxy) is 3. The third kappa shape index (κ3) is 32.5. The molecule has 2 aromatic rings. The second-order valence-corrected chi connectivity index (χ2v) is 13.5. The van der Waals surface area contributed by atoms with Crippen LogP contribution in [0.15, 0.2) is 48.5 Å². The first-order valence-corrected chi connectivity index (χ1v) is 20.3. The van der Waals surface area contributed by atoms with E-state index in [0.29, 0.717) is 24.3 Å². The number of phenolic OH excluding ortho intramolecular Hbond substituents is 2. The molecule has 2 rings (SSSR count). The van der Waals surface area contributed by atoms with Crippen LogP contribution in [0, 0.1) is 0 Å². The summed E-state index contributed by atoms with van der Waals surface area (Å²) in [6.45, 7) is 9.21. The van der Waals surface area contributed by atoms with Crippen LogP contribution in [0.1, 0.15) is 175 Å². The molecule has 0 saturated carbocycles. The Hall–Kier alpha value is -3.13. The fourth-order valence-corrected chi connectivity index (χ4v) is 5.06. The molecule has 290 valence electrons.